The number of furan rings is 1. The molecule has 2 aromatic rings. The van der Waals surface area contributed by atoms with Crippen molar-refractivity contribution < 1.29 is 12.8 Å². The van der Waals surface area contributed by atoms with Crippen molar-refractivity contribution in [1.82, 2.24) is 9.71 Å². The molecule has 2 rings (SSSR count). The van der Waals surface area contributed by atoms with Gasteiger partial charge in [0.15, 0.2) is 0 Å². The van der Waals surface area contributed by atoms with Crippen molar-refractivity contribution in [2.75, 3.05) is 11.9 Å². The zero-order chi connectivity index (χ0) is 14.6. The Morgan fingerprint density at radius 3 is 2.90 bits per heavy atom. The lowest BCUT2D eigenvalue weighted by molar-refractivity contribution is 0.498. The van der Waals surface area contributed by atoms with Gasteiger partial charge in [0, 0.05) is 17.2 Å². The first-order chi connectivity index (χ1) is 9.53. The van der Waals surface area contributed by atoms with Gasteiger partial charge in [-0.15, -0.1) is 0 Å². The maximum atomic E-state index is 12.3. The van der Waals surface area contributed by atoms with Gasteiger partial charge in [-0.25, -0.2) is 18.1 Å². The number of nitrogens with zero attached hydrogens (tertiary/aromatic N) is 1. The van der Waals surface area contributed by atoms with E-state index in [1.165, 1.54) is 12.3 Å². The van der Waals surface area contributed by atoms with E-state index in [1.807, 2.05) is 6.92 Å². The van der Waals surface area contributed by atoms with Crippen LogP contribution in [-0.4, -0.2) is 19.9 Å². The van der Waals surface area contributed by atoms with Crippen molar-refractivity contribution in [1.29, 1.82) is 0 Å². The summed E-state index contributed by atoms with van der Waals surface area (Å²) in [4.78, 5) is 4.18. The van der Waals surface area contributed by atoms with Gasteiger partial charge in [-0.3, -0.25) is 0 Å². The molecule has 0 saturated heterocycles. The van der Waals surface area contributed by atoms with Gasteiger partial charge in [0.2, 0.25) is 10.0 Å². The van der Waals surface area contributed by atoms with Crippen LogP contribution in [0.3, 0.4) is 0 Å². The minimum atomic E-state index is -3.68. The maximum absolute atomic E-state index is 12.3. The lowest BCUT2D eigenvalue weighted by Crippen LogP contribution is -2.24. The highest BCUT2D eigenvalue weighted by Crippen LogP contribution is 2.22. The van der Waals surface area contributed by atoms with E-state index in [0.29, 0.717) is 22.6 Å². The highest BCUT2D eigenvalue weighted by molar-refractivity contribution is 9.10. The molecule has 0 aliphatic carbocycles. The normalized spacial score (nSPS) is 11.5. The van der Waals surface area contributed by atoms with Crippen molar-refractivity contribution in [2.24, 2.45) is 0 Å². The molecule has 0 unspecified atom stereocenters. The van der Waals surface area contributed by atoms with E-state index < -0.39 is 10.0 Å². The fourth-order valence-corrected chi connectivity index (χ4v) is 3.21. The number of nitrogens with one attached hydrogen (secondary N) is 2. The Hall–Kier alpha value is -1.38. The van der Waals surface area contributed by atoms with Gasteiger partial charge in [0.1, 0.15) is 16.5 Å². The standard InChI is InChI=1S/C12H14BrN3O3S/c1-2-14-12-11(6-9(13)7-15-12)20(17,18)16-8-10-4-3-5-19-10/h3-7,16H,2,8H2,1H3,(H,14,15). The smallest absolute Gasteiger partial charge is 0.244 e. The molecule has 0 aliphatic heterocycles. The Bertz CT molecular complexity index is 671. The number of pyridine rings is 1. The van der Waals surface area contributed by atoms with Crippen LogP contribution in [-0.2, 0) is 16.6 Å². The summed E-state index contributed by atoms with van der Waals surface area (Å²) in [6, 6.07) is 4.91. The summed E-state index contributed by atoms with van der Waals surface area (Å²) in [6.45, 7) is 2.54. The largest absolute Gasteiger partial charge is 0.468 e. The van der Waals surface area contributed by atoms with E-state index in [1.54, 1.807) is 18.3 Å². The monoisotopic (exact) mass is 359 g/mol. The molecule has 20 heavy (non-hydrogen) atoms. The SMILES string of the molecule is CCNc1ncc(Br)cc1S(=O)(=O)NCc1ccco1. The van der Waals surface area contributed by atoms with Gasteiger partial charge in [0.05, 0.1) is 12.8 Å². The van der Waals surface area contributed by atoms with Crippen LogP contribution in [0.25, 0.3) is 0 Å². The zero-order valence-corrected chi connectivity index (χ0v) is 13.2. The zero-order valence-electron chi connectivity index (χ0n) is 10.8. The Labute approximate surface area is 125 Å². The summed E-state index contributed by atoms with van der Waals surface area (Å²) in [5, 5.41) is 2.93. The molecule has 0 atom stereocenters. The fraction of sp³-hybridized carbons (Fsp3) is 0.250. The molecule has 0 fully saturated rings. The van der Waals surface area contributed by atoms with E-state index in [0.717, 1.165) is 0 Å². The van der Waals surface area contributed by atoms with Gasteiger partial charge in [-0.2, -0.15) is 0 Å². The third-order valence-electron chi connectivity index (χ3n) is 2.47. The number of aromatic nitrogens is 1. The van der Waals surface area contributed by atoms with Crippen LogP contribution in [0.4, 0.5) is 5.82 Å². The third-order valence-corrected chi connectivity index (χ3v) is 4.32. The lowest BCUT2D eigenvalue weighted by atomic mass is 10.4. The summed E-state index contributed by atoms with van der Waals surface area (Å²) < 4.78 is 32.8. The van der Waals surface area contributed by atoms with Crippen molar-refractivity contribution in [3.63, 3.8) is 0 Å². The molecule has 8 heteroatoms. The van der Waals surface area contributed by atoms with Crippen LogP contribution < -0.4 is 10.0 Å². The third kappa shape index (κ3) is 3.59. The Kier molecular flexibility index (Phi) is 4.79. The number of hydrogen-bond acceptors (Lipinski definition) is 5. The van der Waals surface area contributed by atoms with Crippen molar-refractivity contribution in [3.05, 3.63) is 40.9 Å². The summed E-state index contributed by atoms with van der Waals surface area (Å²) in [5.41, 5.74) is 0. The maximum Gasteiger partial charge on any atom is 0.244 e. The average molecular weight is 360 g/mol. The molecule has 0 aliphatic rings. The molecule has 108 valence electrons. The predicted molar refractivity (Wildman–Crippen MR) is 78.8 cm³/mol. The van der Waals surface area contributed by atoms with Crippen LogP contribution in [0, 0.1) is 0 Å². The molecule has 0 spiro atoms. The summed E-state index contributed by atoms with van der Waals surface area (Å²) in [7, 11) is -3.68. The molecule has 0 radical (unpaired) electrons. The van der Waals surface area contributed by atoms with Crippen molar-refractivity contribution in [2.45, 2.75) is 18.4 Å². The van der Waals surface area contributed by atoms with E-state index in [9.17, 15) is 8.42 Å². The highest BCUT2D eigenvalue weighted by Gasteiger charge is 2.20. The van der Waals surface area contributed by atoms with E-state index in [2.05, 4.69) is 31.0 Å². The molecule has 6 nitrogen and oxygen atoms in total. The summed E-state index contributed by atoms with van der Waals surface area (Å²) in [6.07, 6.45) is 3.04. The average Bonchev–Trinajstić information content (AvgIpc) is 2.92. The van der Waals surface area contributed by atoms with Crippen LogP contribution in [0.15, 0.2) is 44.4 Å². The Balaban J connectivity index is 2.26. The van der Waals surface area contributed by atoms with Gasteiger partial charge in [-0.1, -0.05) is 0 Å². The minimum absolute atomic E-state index is 0.0907. The van der Waals surface area contributed by atoms with Gasteiger partial charge in [0.25, 0.3) is 0 Å². The Morgan fingerprint density at radius 2 is 2.25 bits per heavy atom. The highest BCUT2D eigenvalue weighted by atomic mass is 79.9. The van der Waals surface area contributed by atoms with E-state index in [4.69, 9.17) is 4.42 Å². The lowest BCUT2D eigenvalue weighted by Gasteiger charge is -2.11. The minimum Gasteiger partial charge on any atom is -0.468 e. The van der Waals surface area contributed by atoms with Crippen molar-refractivity contribution >= 4 is 31.8 Å². The molecule has 2 aromatic heterocycles. The van der Waals surface area contributed by atoms with Gasteiger partial charge in [-0.05, 0) is 41.1 Å². The first-order valence-electron chi connectivity index (χ1n) is 5.94. The molecule has 0 saturated carbocycles. The van der Waals surface area contributed by atoms with Crippen LogP contribution in [0.5, 0.6) is 0 Å². The summed E-state index contributed by atoms with van der Waals surface area (Å²) >= 11 is 3.23. The van der Waals surface area contributed by atoms with Crippen LogP contribution in [0.2, 0.25) is 0 Å². The second-order valence-electron chi connectivity index (χ2n) is 3.93. The number of anilines is 1. The number of rotatable bonds is 6. The topological polar surface area (TPSA) is 84.2 Å². The van der Waals surface area contributed by atoms with E-state index >= 15 is 0 Å². The predicted octanol–water partition coefficient (Wildman–Crippen LogP) is 2.35. The van der Waals surface area contributed by atoms with Crippen LogP contribution >= 0.6 is 15.9 Å². The second kappa shape index (κ2) is 6.38. The van der Waals surface area contributed by atoms with Gasteiger partial charge >= 0.3 is 0 Å². The van der Waals surface area contributed by atoms with Gasteiger partial charge < -0.3 is 9.73 Å². The quantitative estimate of drug-likeness (QED) is 0.826. The summed E-state index contributed by atoms with van der Waals surface area (Å²) in [5.74, 6) is 0.865. The first kappa shape index (κ1) is 15.0. The van der Waals surface area contributed by atoms with Crippen molar-refractivity contribution in [3.8, 4) is 0 Å². The molecular weight excluding hydrogens is 346 g/mol. The Morgan fingerprint density at radius 1 is 1.45 bits per heavy atom. The number of halogens is 1. The fourth-order valence-electron chi connectivity index (χ4n) is 1.58. The first-order valence-corrected chi connectivity index (χ1v) is 8.22. The molecule has 0 amide bonds. The molecule has 2 heterocycles. The molecule has 0 bridgehead atoms. The number of hydrogen-bond donors (Lipinski definition) is 2. The molecular formula is C12H14BrN3O3S. The van der Waals surface area contributed by atoms with E-state index in [-0.39, 0.29) is 11.4 Å². The molecule has 0 aromatic carbocycles. The second-order valence-corrected chi connectivity index (χ2v) is 6.59. The van der Waals surface area contributed by atoms with Crippen LogP contribution in [0.1, 0.15) is 12.7 Å². The number of sulfonamides is 1. The molecule has 2 N–H and O–H groups in total.